The van der Waals surface area contributed by atoms with E-state index in [0.29, 0.717) is 11.3 Å². The first kappa shape index (κ1) is 13.7. The van der Waals surface area contributed by atoms with Crippen molar-refractivity contribution >= 4 is 23.5 Å². The van der Waals surface area contributed by atoms with Gasteiger partial charge in [0.05, 0.1) is 6.42 Å². The molecule has 0 aliphatic rings. The van der Waals surface area contributed by atoms with Gasteiger partial charge in [0.15, 0.2) is 0 Å². The molecule has 96 valence electrons. The predicted molar refractivity (Wildman–Crippen MR) is 63.2 cm³/mol. The molecule has 0 spiro atoms. The zero-order valence-electron chi connectivity index (χ0n) is 9.71. The number of rotatable bonds is 5. The molecule has 0 aliphatic heterocycles. The first-order valence-electron chi connectivity index (χ1n) is 5.24. The van der Waals surface area contributed by atoms with E-state index < -0.39 is 23.8 Å². The first-order chi connectivity index (χ1) is 8.40. The van der Waals surface area contributed by atoms with Crippen LogP contribution in [0.4, 0.5) is 5.69 Å². The third kappa shape index (κ3) is 3.89. The van der Waals surface area contributed by atoms with E-state index in [9.17, 15) is 14.4 Å². The highest BCUT2D eigenvalue weighted by atomic mass is 16.4. The number of aliphatic carboxylic acids is 2. The molecule has 0 aliphatic carbocycles. The number of benzene rings is 1. The zero-order valence-corrected chi connectivity index (χ0v) is 9.71. The number of amides is 1. The normalized spacial score (nSPS) is 11.6. The van der Waals surface area contributed by atoms with Crippen molar-refractivity contribution in [2.24, 2.45) is 5.92 Å². The smallest absolute Gasteiger partial charge is 0.315 e. The molecule has 0 aromatic heterocycles. The Balaban J connectivity index is 2.66. The Kier molecular flexibility index (Phi) is 4.42. The van der Waals surface area contributed by atoms with Crippen LogP contribution in [-0.2, 0) is 20.8 Å². The third-order valence-electron chi connectivity index (χ3n) is 2.34. The molecule has 1 amide bonds. The minimum absolute atomic E-state index is 0.0975. The molecule has 1 atom stereocenters. The van der Waals surface area contributed by atoms with Crippen molar-refractivity contribution in [3.05, 3.63) is 29.8 Å². The van der Waals surface area contributed by atoms with Crippen LogP contribution in [0.25, 0.3) is 0 Å². The largest absolute Gasteiger partial charge is 0.481 e. The molecule has 0 radical (unpaired) electrons. The fourth-order valence-electron chi connectivity index (χ4n) is 1.24. The van der Waals surface area contributed by atoms with Crippen LogP contribution in [0.1, 0.15) is 12.5 Å². The van der Waals surface area contributed by atoms with Crippen molar-refractivity contribution < 1.29 is 24.6 Å². The van der Waals surface area contributed by atoms with E-state index in [1.54, 1.807) is 12.1 Å². The molecule has 3 N–H and O–H groups in total. The van der Waals surface area contributed by atoms with Gasteiger partial charge in [-0.15, -0.1) is 0 Å². The Hall–Kier alpha value is -2.37. The summed E-state index contributed by atoms with van der Waals surface area (Å²) in [5, 5.41) is 19.7. The van der Waals surface area contributed by atoms with Gasteiger partial charge in [-0.25, -0.2) is 0 Å². The van der Waals surface area contributed by atoms with Crippen molar-refractivity contribution in [3.63, 3.8) is 0 Å². The van der Waals surface area contributed by atoms with Crippen LogP contribution in [0.5, 0.6) is 0 Å². The van der Waals surface area contributed by atoms with Crippen molar-refractivity contribution in [1.29, 1.82) is 0 Å². The minimum Gasteiger partial charge on any atom is -0.481 e. The average Bonchev–Trinajstić information content (AvgIpc) is 2.29. The van der Waals surface area contributed by atoms with Gasteiger partial charge in [-0.2, -0.15) is 0 Å². The van der Waals surface area contributed by atoms with Gasteiger partial charge in [-0.1, -0.05) is 12.1 Å². The highest BCUT2D eigenvalue weighted by molar-refractivity contribution is 6.03. The highest BCUT2D eigenvalue weighted by Gasteiger charge is 2.20. The van der Waals surface area contributed by atoms with Crippen molar-refractivity contribution in [3.8, 4) is 0 Å². The maximum atomic E-state index is 11.4. The minimum atomic E-state index is -1.20. The quantitative estimate of drug-likeness (QED) is 0.676. The molecule has 1 aromatic rings. The van der Waals surface area contributed by atoms with Crippen LogP contribution < -0.4 is 5.32 Å². The maximum absolute atomic E-state index is 11.4. The Morgan fingerprint density at radius 2 is 1.72 bits per heavy atom. The molecule has 1 aromatic carbocycles. The summed E-state index contributed by atoms with van der Waals surface area (Å²) >= 11 is 0. The van der Waals surface area contributed by atoms with Gasteiger partial charge < -0.3 is 15.5 Å². The van der Waals surface area contributed by atoms with Crippen LogP contribution in [0, 0.1) is 5.92 Å². The Bertz CT molecular complexity index is 466. The fraction of sp³-hybridized carbons (Fsp3) is 0.250. The van der Waals surface area contributed by atoms with Crippen molar-refractivity contribution in [1.82, 2.24) is 0 Å². The second kappa shape index (κ2) is 5.81. The molecule has 0 saturated carbocycles. The SMILES string of the molecule is CC(C(=O)O)C(=O)Nc1ccc(CC(=O)O)cc1. The van der Waals surface area contributed by atoms with Crippen LogP contribution in [-0.4, -0.2) is 28.1 Å². The van der Waals surface area contributed by atoms with Gasteiger partial charge in [-0.05, 0) is 24.6 Å². The number of hydrogen-bond donors (Lipinski definition) is 3. The zero-order chi connectivity index (χ0) is 13.7. The summed E-state index contributed by atoms with van der Waals surface area (Å²) in [6.45, 7) is 1.29. The number of hydrogen-bond acceptors (Lipinski definition) is 3. The van der Waals surface area contributed by atoms with E-state index >= 15 is 0 Å². The second-order valence-corrected chi connectivity index (χ2v) is 3.82. The molecule has 6 nitrogen and oxygen atoms in total. The number of anilines is 1. The summed E-state index contributed by atoms with van der Waals surface area (Å²) < 4.78 is 0. The summed E-state index contributed by atoms with van der Waals surface area (Å²) in [5.74, 6) is -3.89. The van der Waals surface area contributed by atoms with E-state index in [1.165, 1.54) is 19.1 Å². The summed E-state index contributed by atoms with van der Waals surface area (Å²) in [6, 6.07) is 6.19. The van der Waals surface area contributed by atoms with E-state index in [-0.39, 0.29) is 6.42 Å². The lowest BCUT2D eigenvalue weighted by Gasteiger charge is -2.08. The molecular weight excluding hydrogens is 238 g/mol. The molecule has 18 heavy (non-hydrogen) atoms. The predicted octanol–water partition coefficient (Wildman–Crippen LogP) is 0.973. The molecule has 0 bridgehead atoms. The number of nitrogens with one attached hydrogen (secondary N) is 1. The molecule has 0 heterocycles. The van der Waals surface area contributed by atoms with Crippen molar-refractivity contribution in [2.45, 2.75) is 13.3 Å². The van der Waals surface area contributed by atoms with E-state index in [2.05, 4.69) is 5.32 Å². The maximum Gasteiger partial charge on any atom is 0.315 e. The van der Waals surface area contributed by atoms with Crippen LogP contribution >= 0.6 is 0 Å². The molecule has 0 fully saturated rings. The standard InChI is InChI=1S/C12H13NO5/c1-7(12(17)18)11(16)13-9-4-2-8(3-5-9)6-10(14)15/h2-5,7H,6H2,1H3,(H,13,16)(H,14,15)(H,17,18). The Morgan fingerprint density at radius 3 is 2.17 bits per heavy atom. The van der Waals surface area contributed by atoms with Gasteiger partial charge in [0.25, 0.3) is 0 Å². The molecule has 6 heteroatoms. The van der Waals surface area contributed by atoms with Gasteiger partial charge in [-0.3, -0.25) is 14.4 Å². The molecule has 1 rings (SSSR count). The Labute approximate surface area is 103 Å². The topological polar surface area (TPSA) is 104 Å². The second-order valence-electron chi connectivity index (χ2n) is 3.82. The average molecular weight is 251 g/mol. The summed E-state index contributed by atoms with van der Waals surface area (Å²) in [5.41, 5.74) is 1.04. The molecule has 0 saturated heterocycles. The lowest BCUT2D eigenvalue weighted by atomic mass is 10.1. The van der Waals surface area contributed by atoms with Crippen LogP contribution in [0.2, 0.25) is 0 Å². The third-order valence-corrected chi connectivity index (χ3v) is 2.34. The number of carbonyl (C=O) groups excluding carboxylic acids is 1. The van der Waals surface area contributed by atoms with Gasteiger partial charge in [0.2, 0.25) is 5.91 Å². The summed E-state index contributed by atoms with van der Waals surface area (Å²) in [6.07, 6.45) is -0.0975. The van der Waals surface area contributed by atoms with Crippen LogP contribution in [0.15, 0.2) is 24.3 Å². The van der Waals surface area contributed by atoms with Crippen LogP contribution in [0.3, 0.4) is 0 Å². The van der Waals surface area contributed by atoms with E-state index in [4.69, 9.17) is 10.2 Å². The number of carboxylic acid groups (broad SMARTS) is 2. The Morgan fingerprint density at radius 1 is 1.17 bits per heavy atom. The molecule has 1 unspecified atom stereocenters. The lowest BCUT2D eigenvalue weighted by Crippen LogP contribution is -2.26. The highest BCUT2D eigenvalue weighted by Crippen LogP contribution is 2.11. The van der Waals surface area contributed by atoms with E-state index in [0.717, 1.165) is 0 Å². The van der Waals surface area contributed by atoms with Gasteiger partial charge in [0, 0.05) is 5.69 Å². The summed E-state index contributed by atoms with van der Waals surface area (Å²) in [7, 11) is 0. The monoisotopic (exact) mass is 251 g/mol. The van der Waals surface area contributed by atoms with Gasteiger partial charge >= 0.3 is 11.9 Å². The fourth-order valence-corrected chi connectivity index (χ4v) is 1.24. The number of carbonyl (C=O) groups is 3. The van der Waals surface area contributed by atoms with Crippen molar-refractivity contribution in [2.75, 3.05) is 5.32 Å². The lowest BCUT2D eigenvalue weighted by molar-refractivity contribution is -0.144. The first-order valence-corrected chi connectivity index (χ1v) is 5.24. The van der Waals surface area contributed by atoms with E-state index in [1.807, 2.05) is 0 Å². The number of carboxylic acids is 2. The molecular formula is C12H13NO5. The van der Waals surface area contributed by atoms with Gasteiger partial charge in [0.1, 0.15) is 5.92 Å². The summed E-state index contributed by atoms with van der Waals surface area (Å²) in [4.78, 5) is 32.5.